The maximum atomic E-state index is 14.6. The highest BCUT2D eigenvalue weighted by Gasteiger charge is 2.64. The van der Waals surface area contributed by atoms with Gasteiger partial charge in [-0.25, -0.2) is 13.8 Å². The smallest absolute Gasteiger partial charge is 0.267 e. The number of alkyl halides is 2. The van der Waals surface area contributed by atoms with Crippen molar-refractivity contribution in [1.82, 2.24) is 25.5 Å². The molecule has 0 amide bonds. The van der Waals surface area contributed by atoms with Crippen LogP contribution in [-0.4, -0.2) is 56.0 Å². The van der Waals surface area contributed by atoms with E-state index in [2.05, 4.69) is 32.1 Å². The summed E-state index contributed by atoms with van der Waals surface area (Å²) in [6.45, 7) is 5.68. The lowest BCUT2D eigenvalue weighted by Gasteiger charge is -2.42. The summed E-state index contributed by atoms with van der Waals surface area (Å²) in [5.41, 5.74) is 0.0913. The molecule has 32 heavy (non-hydrogen) atoms. The van der Waals surface area contributed by atoms with E-state index in [4.69, 9.17) is 4.74 Å². The number of aromatic hydroxyl groups is 1. The number of nitrogens with zero attached hydrogens (tertiary/aromatic N) is 4. The van der Waals surface area contributed by atoms with Gasteiger partial charge in [-0.1, -0.05) is 6.58 Å². The Morgan fingerprint density at radius 2 is 2.03 bits per heavy atom. The number of piperidine rings is 1. The molecule has 2 aliphatic rings. The molecular formula is C23H23F2N5O2. The minimum Gasteiger partial charge on any atom is -0.507 e. The van der Waals surface area contributed by atoms with E-state index in [0.29, 0.717) is 16.8 Å². The Labute approximate surface area is 183 Å². The van der Waals surface area contributed by atoms with Crippen molar-refractivity contribution in [2.45, 2.75) is 43.4 Å². The lowest BCUT2D eigenvalue weighted by molar-refractivity contribution is -0.0630. The Kier molecular flexibility index (Phi) is 4.72. The highest BCUT2D eigenvalue weighted by atomic mass is 19.3. The van der Waals surface area contributed by atoms with E-state index in [-0.39, 0.29) is 30.3 Å². The van der Waals surface area contributed by atoms with E-state index in [1.54, 1.807) is 31.5 Å². The lowest BCUT2D eigenvalue weighted by atomic mass is 9.77. The predicted molar refractivity (Wildman–Crippen MR) is 115 cm³/mol. The highest BCUT2D eigenvalue weighted by molar-refractivity contribution is 5.88. The number of hydrogen-bond acceptors (Lipinski definition) is 7. The number of ether oxygens (including phenoxy) is 1. The molecule has 5 rings (SSSR count). The molecular weight excluding hydrogens is 416 g/mol. The summed E-state index contributed by atoms with van der Waals surface area (Å²) in [6, 6.07) is 4.73. The molecule has 0 saturated carbocycles. The third-order valence-corrected chi connectivity index (χ3v) is 6.82. The highest BCUT2D eigenvalue weighted by Crippen LogP contribution is 2.51. The third-order valence-electron chi connectivity index (χ3n) is 6.82. The minimum atomic E-state index is -2.83. The fourth-order valence-electron chi connectivity index (χ4n) is 5.00. The Bertz CT molecular complexity index is 1200. The number of phenolic OH excluding ortho intramolecular Hbond substituents is 1. The first kappa shape index (κ1) is 20.8. The molecule has 2 N–H and O–H groups in total. The number of rotatable bonds is 4. The van der Waals surface area contributed by atoms with Crippen LogP contribution in [0.5, 0.6) is 5.75 Å². The van der Waals surface area contributed by atoms with Crippen LogP contribution in [0.3, 0.4) is 0 Å². The molecule has 2 bridgehead atoms. The van der Waals surface area contributed by atoms with Gasteiger partial charge in [0.05, 0.1) is 23.4 Å². The summed E-state index contributed by atoms with van der Waals surface area (Å²) in [5.74, 6) is -2.91. The van der Waals surface area contributed by atoms with Crippen molar-refractivity contribution in [3.05, 3.63) is 49.1 Å². The molecule has 2 saturated heterocycles. The van der Waals surface area contributed by atoms with E-state index in [1.165, 1.54) is 13.3 Å². The van der Waals surface area contributed by atoms with Gasteiger partial charge in [-0.15, -0.1) is 10.2 Å². The second-order valence-electron chi connectivity index (χ2n) is 8.79. The van der Waals surface area contributed by atoms with Crippen molar-refractivity contribution in [2.24, 2.45) is 5.92 Å². The van der Waals surface area contributed by atoms with Gasteiger partial charge in [0, 0.05) is 43.3 Å². The normalized spacial score (nSPS) is 28.7. The summed E-state index contributed by atoms with van der Waals surface area (Å²) in [4.78, 5) is 8.42. The summed E-state index contributed by atoms with van der Waals surface area (Å²) in [6.07, 6.45) is 4.27. The van der Waals surface area contributed by atoms with E-state index >= 15 is 0 Å². The fourth-order valence-corrected chi connectivity index (χ4v) is 5.00. The van der Waals surface area contributed by atoms with Gasteiger partial charge < -0.3 is 15.2 Å². The topological polar surface area (TPSA) is 93.1 Å². The summed E-state index contributed by atoms with van der Waals surface area (Å²) >= 11 is 0. The zero-order chi connectivity index (χ0) is 22.7. The predicted octanol–water partition coefficient (Wildman–Crippen LogP) is 3.60. The largest absolute Gasteiger partial charge is 0.507 e. The van der Waals surface area contributed by atoms with E-state index in [1.807, 2.05) is 6.07 Å². The second kappa shape index (κ2) is 7.25. The van der Waals surface area contributed by atoms with Crippen molar-refractivity contribution < 1.29 is 18.6 Å². The molecule has 4 heterocycles. The molecule has 1 unspecified atom stereocenters. The van der Waals surface area contributed by atoms with E-state index < -0.39 is 23.6 Å². The van der Waals surface area contributed by atoms with E-state index in [9.17, 15) is 13.9 Å². The van der Waals surface area contributed by atoms with Gasteiger partial charge in [0.1, 0.15) is 11.4 Å². The Morgan fingerprint density at radius 3 is 2.75 bits per heavy atom. The van der Waals surface area contributed by atoms with Gasteiger partial charge in [-0.2, -0.15) is 0 Å². The van der Waals surface area contributed by atoms with Gasteiger partial charge in [-0.3, -0.25) is 4.98 Å². The van der Waals surface area contributed by atoms with Crippen molar-refractivity contribution in [3.8, 4) is 17.1 Å². The summed E-state index contributed by atoms with van der Waals surface area (Å²) < 4.78 is 34.8. The van der Waals surface area contributed by atoms with Crippen LogP contribution in [0.2, 0.25) is 0 Å². The number of methoxy groups -OCH3 is 1. The van der Waals surface area contributed by atoms with Crippen LogP contribution in [0.4, 0.5) is 8.78 Å². The number of pyridine rings is 1. The second-order valence-corrected chi connectivity index (χ2v) is 8.79. The number of benzene rings is 1. The molecule has 0 radical (unpaired) electrons. The van der Waals surface area contributed by atoms with Gasteiger partial charge in [0.2, 0.25) is 0 Å². The van der Waals surface area contributed by atoms with Crippen molar-refractivity contribution >= 4 is 16.3 Å². The van der Waals surface area contributed by atoms with Gasteiger partial charge in [0.15, 0.2) is 5.82 Å². The monoisotopic (exact) mass is 439 g/mol. The van der Waals surface area contributed by atoms with Crippen molar-refractivity contribution in [2.75, 3.05) is 7.11 Å². The summed E-state index contributed by atoms with van der Waals surface area (Å²) in [7, 11) is 1.52. The SMILES string of the molecule is C=C(c1cnc(-c2cc3ccncc3cc2O)nn1)[C@H]1C[C@@]2(C)NC(CC2(F)F)[C@@H]1OC. The maximum Gasteiger partial charge on any atom is 0.267 e. The Hall–Kier alpha value is -3.04. The summed E-state index contributed by atoms with van der Waals surface area (Å²) in [5, 5.41) is 23.6. The van der Waals surface area contributed by atoms with Crippen LogP contribution >= 0.6 is 0 Å². The molecule has 0 aliphatic carbocycles. The van der Waals surface area contributed by atoms with Gasteiger partial charge in [-0.05, 0) is 42.5 Å². The van der Waals surface area contributed by atoms with Gasteiger partial charge in [0.25, 0.3) is 5.92 Å². The molecule has 2 aromatic heterocycles. The number of halogens is 2. The molecule has 166 valence electrons. The van der Waals surface area contributed by atoms with Crippen LogP contribution in [0.15, 0.2) is 43.4 Å². The number of aromatic nitrogens is 4. The fraction of sp³-hybridized carbons (Fsp3) is 0.391. The standard InChI is InChI=1S/C23H23F2N5O2/c1-12(16-8-22(2)23(24,25)9-17(28-22)20(16)32-3)18-11-27-21(30-29-18)15-6-13-4-5-26-10-14(13)7-19(15)31/h4-7,10-11,16-17,20,28,31H,1,8-9H2,2-3H3/t16-,17?,20-,22-/m1/s1. The molecule has 2 fully saturated rings. The minimum absolute atomic E-state index is 0.0170. The Balaban J connectivity index is 1.44. The molecule has 2 aliphatic heterocycles. The third kappa shape index (κ3) is 3.15. The lowest BCUT2D eigenvalue weighted by Crippen LogP contribution is -2.59. The molecule has 0 spiro atoms. The van der Waals surface area contributed by atoms with E-state index in [0.717, 1.165) is 10.8 Å². The first-order chi connectivity index (χ1) is 15.2. The van der Waals surface area contributed by atoms with Gasteiger partial charge >= 0.3 is 0 Å². The quantitative estimate of drug-likeness (QED) is 0.642. The zero-order valence-electron chi connectivity index (χ0n) is 17.7. The molecule has 1 aromatic carbocycles. The number of nitrogens with one attached hydrogen (secondary N) is 1. The first-order valence-electron chi connectivity index (χ1n) is 10.4. The molecule has 3 aromatic rings. The van der Waals surface area contributed by atoms with Crippen molar-refractivity contribution in [1.29, 1.82) is 0 Å². The Morgan fingerprint density at radius 1 is 1.22 bits per heavy atom. The maximum absolute atomic E-state index is 14.6. The molecule has 7 nitrogen and oxygen atoms in total. The van der Waals surface area contributed by atoms with Crippen LogP contribution < -0.4 is 5.32 Å². The van der Waals surface area contributed by atoms with Crippen LogP contribution in [-0.2, 0) is 4.74 Å². The van der Waals surface area contributed by atoms with Crippen molar-refractivity contribution in [3.63, 3.8) is 0 Å². The molecule has 4 atom stereocenters. The average Bonchev–Trinajstić information content (AvgIpc) is 2.96. The first-order valence-corrected chi connectivity index (χ1v) is 10.4. The zero-order valence-corrected chi connectivity index (χ0v) is 17.7. The number of fused-ring (bicyclic) bond motifs is 3. The number of hydrogen-bond donors (Lipinski definition) is 2. The average molecular weight is 439 g/mol. The number of phenols is 1. The molecule has 9 heteroatoms. The van der Waals surface area contributed by atoms with Crippen LogP contribution in [0.25, 0.3) is 27.7 Å². The van der Waals surface area contributed by atoms with Crippen LogP contribution in [0.1, 0.15) is 25.5 Å². The van der Waals surface area contributed by atoms with Crippen LogP contribution in [0, 0.1) is 5.92 Å².